The number of nitrogens with zero attached hydrogens (tertiary/aromatic N) is 2. The summed E-state index contributed by atoms with van der Waals surface area (Å²) in [6, 6.07) is 13.0. The van der Waals surface area contributed by atoms with Gasteiger partial charge in [-0.1, -0.05) is 36.4 Å². The van der Waals surface area contributed by atoms with Gasteiger partial charge < -0.3 is 4.90 Å². The SMILES string of the molecule is CN(C)C1CCN(CC2=Cc3cccc4cccc(c34)C2=O)CC1.Cl. The summed E-state index contributed by atoms with van der Waals surface area (Å²) in [4.78, 5) is 17.7. The zero-order chi connectivity index (χ0) is 16.7. The van der Waals surface area contributed by atoms with E-state index in [1.807, 2.05) is 12.1 Å². The van der Waals surface area contributed by atoms with Gasteiger partial charge in [0, 0.05) is 29.1 Å². The van der Waals surface area contributed by atoms with Crippen molar-refractivity contribution in [3.05, 3.63) is 53.1 Å². The zero-order valence-electron chi connectivity index (χ0n) is 14.9. The molecule has 0 spiro atoms. The summed E-state index contributed by atoms with van der Waals surface area (Å²) in [5, 5.41) is 2.26. The normalized spacial score (nSPS) is 18.4. The molecule has 0 bridgehead atoms. The Hall–Kier alpha value is -1.68. The second-order valence-electron chi connectivity index (χ2n) is 7.22. The van der Waals surface area contributed by atoms with E-state index in [1.165, 1.54) is 18.4 Å². The second-order valence-corrected chi connectivity index (χ2v) is 7.22. The van der Waals surface area contributed by atoms with E-state index in [9.17, 15) is 4.79 Å². The van der Waals surface area contributed by atoms with Gasteiger partial charge in [0.05, 0.1) is 0 Å². The molecule has 1 aliphatic carbocycles. The molecule has 0 aromatic heterocycles. The van der Waals surface area contributed by atoms with Gasteiger partial charge in [0.2, 0.25) is 0 Å². The standard InChI is InChI=1S/C21H24N2O.ClH/c1-22(2)18-9-11-23(12-10-18)14-17-13-16-7-3-5-15-6-4-8-19(20(15)16)21(17)24;/h3-8,13,18H,9-12,14H2,1-2H3;1H. The molecule has 2 aromatic carbocycles. The van der Waals surface area contributed by atoms with E-state index in [2.05, 4.69) is 54.2 Å². The maximum absolute atomic E-state index is 12.9. The van der Waals surface area contributed by atoms with E-state index in [0.717, 1.165) is 41.5 Å². The molecular formula is C21H25ClN2O. The van der Waals surface area contributed by atoms with Crippen molar-refractivity contribution in [3.63, 3.8) is 0 Å². The number of hydrogen-bond donors (Lipinski definition) is 0. The number of carbonyl (C=O) groups is 1. The van der Waals surface area contributed by atoms with Gasteiger partial charge in [0.25, 0.3) is 0 Å². The molecule has 0 atom stereocenters. The molecule has 0 amide bonds. The topological polar surface area (TPSA) is 23.6 Å². The summed E-state index contributed by atoms with van der Waals surface area (Å²) in [7, 11) is 4.32. The van der Waals surface area contributed by atoms with Gasteiger partial charge >= 0.3 is 0 Å². The van der Waals surface area contributed by atoms with Crippen molar-refractivity contribution >= 4 is 35.0 Å². The Morgan fingerprint density at radius 2 is 1.76 bits per heavy atom. The quantitative estimate of drug-likeness (QED) is 0.834. The highest BCUT2D eigenvalue weighted by Gasteiger charge is 2.26. The summed E-state index contributed by atoms with van der Waals surface area (Å²) in [6.45, 7) is 2.91. The fourth-order valence-electron chi connectivity index (χ4n) is 4.06. The molecule has 1 fully saturated rings. The van der Waals surface area contributed by atoms with Gasteiger partial charge in [-0.25, -0.2) is 0 Å². The number of rotatable bonds is 3. The van der Waals surface area contributed by atoms with Gasteiger partial charge in [-0.05, 0) is 57.1 Å². The van der Waals surface area contributed by atoms with Crippen LogP contribution in [0.25, 0.3) is 16.8 Å². The molecular weight excluding hydrogens is 332 g/mol. The molecule has 132 valence electrons. The monoisotopic (exact) mass is 356 g/mol. The molecule has 0 radical (unpaired) electrons. The Kier molecular flexibility index (Phi) is 5.28. The van der Waals surface area contributed by atoms with Gasteiger partial charge in [-0.3, -0.25) is 9.69 Å². The smallest absolute Gasteiger partial charge is 0.190 e. The maximum atomic E-state index is 12.9. The molecule has 1 heterocycles. The van der Waals surface area contributed by atoms with Crippen molar-refractivity contribution in [2.45, 2.75) is 18.9 Å². The van der Waals surface area contributed by atoms with Crippen LogP contribution in [0.3, 0.4) is 0 Å². The molecule has 4 rings (SSSR count). The van der Waals surface area contributed by atoms with E-state index < -0.39 is 0 Å². The second kappa shape index (κ2) is 7.28. The van der Waals surface area contributed by atoms with Crippen LogP contribution in [0.5, 0.6) is 0 Å². The Bertz CT molecular complexity index is 815. The number of benzene rings is 2. The summed E-state index contributed by atoms with van der Waals surface area (Å²) in [6.07, 6.45) is 4.47. The van der Waals surface area contributed by atoms with E-state index in [1.54, 1.807) is 0 Å². The number of halogens is 1. The van der Waals surface area contributed by atoms with Crippen LogP contribution in [-0.2, 0) is 0 Å². The number of hydrogen-bond acceptors (Lipinski definition) is 3. The molecule has 2 aliphatic rings. The first-order chi connectivity index (χ1) is 11.6. The van der Waals surface area contributed by atoms with E-state index in [0.29, 0.717) is 6.04 Å². The lowest BCUT2D eigenvalue weighted by molar-refractivity contribution is 0.101. The number of ketones is 1. The first-order valence-electron chi connectivity index (χ1n) is 8.79. The number of likely N-dealkylation sites (tertiary alicyclic amines) is 1. The van der Waals surface area contributed by atoms with E-state index in [-0.39, 0.29) is 18.2 Å². The molecule has 1 saturated heterocycles. The van der Waals surface area contributed by atoms with E-state index >= 15 is 0 Å². The first-order valence-corrected chi connectivity index (χ1v) is 8.79. The lowest BCUT2D eigenvalue weighted by Crippen LogP contribution is -2.43. The predicted molar refractivity (Wildman–Crippen MR) is 107 cm³/mol. The van der Waals surface area contributed by atoms with Crippen molar-refractivity contribution in [1.82, 2.24) is 9.80 Å². The molecule has 25 heavy (non-hydrogen) atoms. The average molecular weight is 357 g/mol. The Labute approximate surface area is 155 Å². The van der Waals surface area contributed by atoms with Crippen LogP contribution in [0.15, 0.2) is 42.0 Å². The van der Waals surface area contributed by atoms with Gasteiger partial charge in [0.1, 0.15) is 0 Å². The highest BCUT2D eigenvalue weighted by atomic mass is 35.5. The molecule has 2 aromatic rings. The molecule has 1 aliphatic heterocycles. The zero-order valence-corrected chi connectivity index (χ0v) is 15.7. The fourth-order valence-corrected chi connectivity index (χ4v) is 4.06. The average Bonchev–Trinajstić information content (AvgIpc) is 2.60. The number of piperidine rings is 1. The van der Waals surface area contributed by atoms with Crippen LogP contribution in [0.1, 0.15) is 28.8 Å². The molecule has 0 saturated carbocycles. The van der Waals surface area contributed by atoms with E-state index in [4.69, 9.17) is 0 Å². The summed E-state index contributed by atoms with van der Waals surface area (Å²) in [5.74, 6) is 0.203. The highest BCUT2D eigenvalue weighted by Crippen LogP contribution is 2.31. The van der Waals surface area contributed by atoms with Crippen molar-refractivity contribution in [1.29, 1.82) is 0 Å². The molecule has 0 N–H and O–H groups in total. The van der Waals surface area contributed by atoms with Crippen molar-refractivity contribution in [3.8, 4) is 0 Å². The van der Waals surface area contributed by atoms with Gasteiger partial charge in [0.15, 0.2) is 5.78 Å². The lowest BCUT2D eigenvalue weighted by atomic mass is 9.87. The third-order valence-corrected chi connectivity index (χ3v) is 5.48. The van der Waals surface area contributed by atoms with Crippen LogP contribution in [0, 0.1) is 0 Å². The van der Waals surface area contributed by atoms with Crippen LogP contribution in [0.2, 0.25) is 0 Å². The third kappa shape index (κ3) is 3.37. The third-order valence-electron chi connectivity index (χ3n) is 5.48. The minimum Gasteiger partial charge on any atom is -0.306 e. The van der Waals surface area contributed by atoms with Crippen molar-refractivity contribution in [2.75, 3.05) is 33.7 Å². The largest absolute Gasteiger partial charge is 0.306 e. The summed E-state index contributed by atoms with van der Waals surface area (Å²) < 4.78 is 0. The maximum Gasteiger partial charge on any atom is 0.190 e. The number of Topliss-reactive ketones (excluding diaryl/α,β-unsaturated/α-hetero) is 1. The molecule has 3 nitrogen and oxygen atoms in total. The minimum atomic E-state index is 0. The Morgan fingerprint density at radius 1 is 1.08 bits per heavy atom. The fraction of sp³-hybridized carbons (Fsp3) is 0.381. The summed E-state index contributed by atoms with van der Waals surface area (Å²) in [5.41, 5.74) is 2.98. The lowest BCUT2D eigenvalue weighted by Gasteiger charge is -2.35. The van der Waals surface area contributed by atoms with Crippen LogP contribution >= 0.6 is 12.4 Å². The summed E-state index contributed by atoms with van der Waals surface area (Å²) >= 11 is 0. The van der Waals surface area contributed by atoms with Gasteiger partial charge in [-0.15, -0.1) is 12.4 Å². The van der Waals surface area contributed by atoms with Crippen LogP contribution in [-0.4, -0.2) is 55.4 Å². The van der Waals surface area contributed by atoms with Crippen LogP contribution in [0.4, 0.5) is 0 Å². The van der Waals surface area contributed by atoms with Crippen molar-refractivity contribution < 1.29 is 4.79 Å². The van der Waals surface area contributed by atoms with Gasteiger partial charge in [-0.2, -0.15) is 0 Å². The minimum absolute atomic E-state index is 0. The predicted octanol–water partition coefficient (Wildman–Crippen LogP) is 3.87. The van der Waals surface area contributed by atoms with Crippen LogP contribution < -0.4 is 0 Å². The molecule has 0 unspecified atom stereocenters. The first kappa shape index (κ1) is 18.1. The van der Waals surface area contributed by atoms with Crippen molar-refractivity contribution in [2.24, 2.45) is 0 Å². The Balaban J connectivity index is 0.00000182. The highest BCUT2D eigenvalue weighted by molar-refractivity contribution is 6.22. The molecule has 4 heteroatoms. The Morgan fingerprint density at radius 3 is 2.44 bits per heavy atom. The number of carbonyl (C=O) groups excluding carboxylic acids is 1.